The Labute approximate surface area is 149 Å². The van der Waals surface area contributed by atoms with Gasteiger partial charge in [0.2, 0.25) is 5.95 Å². The predicted octanol–water partition coefficient (Wildman–Crippen LogP) is 3.92. The van der Waals surface area contributed by atoms with Crippen LogP contribution in [-0.2, 0) is 0 Å². The van der Waals surface area contributed by atoms with E-state index < -0.39 is 0 Å². The summed E-state index contributed by atoms with van der Waals surface area (Å²) in [4.78, 5) is 25.2. The van der Waals surface area contributed by atoms with Crippen molar-refractivity contribution in [2.24, 2.45) is 0 Å². The Balaban J connectivity index is 1.52. The van der Waals surface area contributed by atoms with Gasteiger partial charge in [0, 0.05) is 11.9 Å². The van der Waals surface area contributed by atoms with Crippen molar-refractivity contribution < 1.29 is 9.21 Å². The number of amides is 1. The molecule has 4 aromatic rings. The summed E-state index contributed by atoms with van der Waals surface area (Å²) in [6, 6.07) is 17.0. The van der Waals surface area contributed by atoms with Crippen LogP contribution in [0.2, 0.25) is 0 Å². The lowest BCUT2D eigenvalue weighted by molar-refractivity contribution is 0.102. The first kappa shape index (κ1) is 15.8. The van der Waals surface area contributed by atoms with Crippen LogP contribution in [0.4, 0.5) is 17.7 Å². The van der Waals surface area contributed by atoms with E-state index in [0.717, 1.165) is 5.52 Å². The Morgan fingerprint density at radius 3 is 2.54 bits per heavy atom. The van der Waals surface area contributed by atoms with Gasteiger partial charge in [-0.2, -0.15) is 4.98 Å². The highest BCUT2D eigenvalue weighted by Crippen LogP contribution is 2.20. The Kier molecular flexibility index (Phi) is 4.03. The lowest BCUT2D eigenvalue weighted by Crippen LogP contribution is -2.15. The highest BCUT2D eigenvalue weighted by molar-refractivity contribution is 6.04. The highest BCUT2D eigenvalue weighted by atomic mass is 16.4. The standard InChI is InChI=1S/C19H15N5O2/c1-12-14(17(25)22-13-7-3-2-4-8-13)11-20-18(21-12)24-19-23-15-9-5-6-10-16(15)26-19/h2-11H,1H3,(H,22,25)(H,20,21,23,24). The number of oxazole rings is 1. The van der Waals surface area contributed by atoms with Crippen LogP contribution in [0.1, 0.15) is 16.1 Å². The van der Waals surface area contributed by atoms with Crippen LogP contribution < -0.4 is 10.6 Å². The molecule has 0 radical (unpaired) electrons. The Bertz CT molecular complexity index is 1040. The number of aromatic nitrogens is 3. The zero-order chi connectivity index (χ0) is 17.9. The SMILES string of the molecule is Cc1nc(Nc2nc3ccccc3o2)ncc1C(=O)Nc1ccccc1. The summed E-state index contributed by atoms with van der Waals surface area (Å²) in [6.45, 7) is 1.75. The minimum Gasteiger partial charge on any atom is -0.423 e. The molecule has 0 atom stereocenters. The van der Waals surface area contributed by atoms with Crippen molar-refractivity contribution in [3.05, 3.63) is 72.1 Å². The van der Waals surface area contributed by atoms with Gasteiger partial charge >= 0.3 is 6.01 Å². The fraction of sp³-hybridized carbons (Fsp3) is 0.0526. The van der Waals surface area contributed by atoms with Crippen LogP contribution in [-0.4, -0.2) is 20.9 Å². The lowest BCUT2D eigenvalue weighted by Gasteiger charge is -2.08. The molecule has 0 saturated heterocycles. The molecule has 4 rings (SSSR count). The van der Waals surface area contributed by atoms with E-state index in [1.54, 1.807) is 6.92 Å². The summed E-state index contributed by atoms with van der Waals surface area (Å²) >= 11 is 0. The van der Waals surface area contributed by atoms with Gasteiger partial charge in [-0.1, -0.05) is 30.3 Å². The van der Waals surface area contributed by atoms with Crippen molar-refractivity contribution in [2.75, 3.05) is 10.6 Å². The number of aryl methyl sites for hydroxylation is 1. The summed E-state index contributed by atoms with van der Waals surface area (Å²) < 4.78 is 5.59. The molecule has 2 aromatic carbocycles. The molecule has 0 bridgehead atoms. The zero-order valence-electron chi connectivity index (χ0n) is 13.9. The van der Waals surface area contributed by atoms with Crippen molar-refractivity contribution in [1.82, 2.24) is 15.0 Å². The quantitative estimate of drug-likeness (QED) is 0.582. The normalized spacial score (nSPS) is 10.7. The van der Waals surface area contributed by atoms with Gasteiger partial charge < -0.3 is 9.73 Å². The second kappa shape index (κ2) is 6.64. The molecule has 7 heteroatoms. The monoisotopic (exact) mass is 345 g/mol. The van der Waals surface area contributed by atoms with Crippen LogP contribution in [0.15, 0.2) is 65.2 Å². The molecule has 0 unspecified atom stereocenters. The van der Waals surface area contributed by atoms with Gasteiger partial charge in [-0.25, -0.2) is 9.97 Å². The van der Waals surface area contributed by atoms with E-state index in [9.17, 15) is 4.79 Å². The second-order valence-electron chi connectivity index (χ2n) is 5.62. The van der Waals surface area contributed by atoms with E-state index in [1.165, 1.54) is 6.20 Å². The Hall–Kier alpha value is -3.74. The molecule has 0 saturated carbocycles. The van der Waals surface area contributed by atoms with Gasteiger partial charge in [0.1, 0.15) is 5.52 Å². The molecule has 26 heavy (non-hydrogen) atoms. The maximum atomic E-state index is 12.4. The van der Waals surface area contributed by atoms with Crippen molar-refractivity contribution in [3.63, 3.8) is 0 Å². The summed E-state index contributed by atoms with van der Waals surface area (Å²) in [5, 5.41) is 5.73. The number of anilines is 3. The number of fused-ring (bicyclic) bond motifs is 1. The minimum atomic E-state index is -0.262. The van der Waals surface area contributed by atoms with E-state index in [1.807, 2.05) is 54.6 Å². The predicted molar refractivity (Wildman–Crippen MR) is 98.5 cm³/mol. The van der Waals surface area contributed by atoms with Gasteiger partial charge in [-0.15, -0.1) is 0 Å². The number of carbonyl (C=O) groups is 1. The van der Waals surface area contributed by atoms with E-state index in [0.29, 0.717) is 34.5 Å². The maximum Gasteiger partial charge on any atom is 0.302 e. The van der Waals surface area contributed by atoms with Crippen molar-refractivity contribution in [3.8, 4) is 0 Å². The molecule has 2 N–H and O–H groups in total. The van der Waals surface area contributed by atoms with Gasteiger partial charge in [0.15, 0.2) is 5.58 Å². The van der Waals surface area contributed by atoms with Gasteiger partial charge in [0.05, 0.1) is 11.3 Å². The molecule has 7 nitrogen and oxygen atoms in total. The first-order valence-corrected chi connectivity index (χ1v) is 8.02. The van der Waals surface area contributed by atoms with Gasteiger partial charge in [-0.05, 0) is 31.2 Å². The fourth-order valence-electron chi connectivity index (χ4n) is 2.49. The summed E-state index contributed by atoms with van der Waals surface area (Å²) in [5.74, 6) is 0.0485. The third kappa shape index (κ3) is 3.23. The molecule has 0 aliphatic carbocycles. The van der Waals surface area contributed by atoms with E-state index in [2.05, 4.69) is 25.6 Å². The minimum absolute atomic E-state index is 0.262. The molecule has 2 aromatic heterocycles. The summed E-state index contributed by atoms with van der Waals surface area (Å²) in [7, 11) is 0. The molecule has 2 heterocycles. The lowest BCUT2D eigenvalue weighted by atomic mass is 10.2. The smallest absolute Gasteiger partial charge is 0.302 e. The number of nitrogens with zero attached hydrogens (tertiary/aromatic N) is 3. The highest BCUT2D eigenvalue weighted by Gasteiger charge is 2.13. The third-order valence-corrected chi connectivity index (χ3v) is 3.77. The molecule has 128 valence electrons. The van der Waals surface area contributed by atoms with Crippen molar-refractivity contribution in [1.29, 1.82) is 0 Å². The maximum absolute atomic E-state index is 12.4. The number of nitrogens with one attached hydrogen (secondary N) is 2. The zero-order valence-corrected chi connectivity index (χ0v) is 13.9. The number of carbonyl (C=O) groups excluding carboxylic acids is 1. The number of hydrogen-bond donors (Lipinski definition) is 2. The topological polar surface area (TPSA) is 92.9 Å². The Morgan fingerprint density at radius 2 is 1.77 bits per heavy atom. The molecule has 0 fully saturated rings. The number of benzene rings is 2. The van der Waals surface area contributed by atoms with E-state index in [-0.39, 0.29) is 5.91 Å². The van der Waals surface area contributed by atoms with Gasteiger partial charge in [0.25, 0.3) is 5.91 Å². The third-order valence-electron chi connectivity index (χ3n) is 3.77. The summed E-state index contributed by atoms with van der Waals surface area (Å²) in [6.07, 6.45) is 1.48. The van der Waals surface area contributed by atoms with Crippen molar-refractivity contribution >= 4 is 34.7 Å². The average molecular weight is 345 g/mol. The molecule has 0 aliphatic heterocycles. The molecule has 0 aliphatic rings. The number of rotatable bonds is 4. The first-order chi connectivity index (χ1) is 12.7. The average Bonchev–Trinajstić information content (AvgIpc) is 3.04. The molecular weight excluding hydrogens is 330 g/mol. The van der Waals surface area contributed by atoms with Crippen LogP contribution in [0, 0.1) is 6.92 Å². The number of hydrogen-bond acceptors (Lipinski definition) is 6. The van der Waals surface area contributed by atoms with Crippen molar-refractivity contribution in [2.45, 2.75) is 6.92 Å². The molecular formula is C19H15N5O2. The van der Waals surface area contributed by atoms with E-state index in [4.69, 9.17) is 4.42 Å². The van der Waals surface area contributed by atoms with E-state index >= 15 is 0 Å². The first-order valence-electron chi connectivity index (χ1n) is 8.02. The summed E-state index contributed by atoms with van der Waals surface area (Å²) in [5.41, 5.74) is 3.07. The molecule has 1 amide bonds. The largest absolute Gasteiger partial charge is 0.423 e. The van der Waals surface area contributed by atoms with Crippen LogP contribution in [0.5, 0.6) is 0 Å². The second-order valence-corrected chi connectivity index (χ2v) is 5.62. The fourth-order valence-corrected chi connectivity index (χ4v) is 2.49. The van der Waals surface area contributed by atoms with Crippen LogP contribution >= 0.6 is 0 Å². The number of para-hydroxylation sites is 3. The van der Waals surface area contributed by atoms with Crippen LogP contribution in [0.25, 0.3) is 11.1 Å². The Morgan fingerprint density at radius 1 is 1.00 bits per heavy atom. The van der Waals surface area contributed by atoms with Gasteiger partial charge in [-0.3, -0.25) is 10.1 Å². The van der Waals surface area contributed by atoms with Crippen LogP contribution in [0.3, 0.4) is 0 Å². The molecule has 0 spiro atoms.